The van der Waals surface area contributed by atoms with Gasteiger partial charge in [0.1, 0.15) is 17.0 Å². The van der Waals surface area contributed by atoms with Crippen molar-refractivity contribution in [2.24, 2.45) is 0 Å². The van der Waals surface area contributed by atoms with E-state index in [0.29, 0.717) is 36.6 Å². The average molecular weight is 552 g/mol. The molecule has 4 aromatic rings. The van der Waals surface area contributed by atoms with Gasteiger partial charge in [0, 0.05) is 29.4 Å². The number of nitro groups is 1. The highest BCUT2D eigenvalue weighted by Crippen LogP contribution is 2.35. The Hall–Kier alpha value is -4.46. The highest BCUT2D eigenvalue weighted by molar-refractivity contribution is 7.90. The number of hydrogen-bond donors (Lipinski definition) is 4. The molecule has 0 aliphatic carbocycles. The van der Waals surface area contributed by atoms with Gasteiger partial charge in [-0.3, -0.25) is 14.9 Å². The first-order valence-corrected chi connectivity index (χ1v) is 13.4. The molecule has 202 valence electrons. The number of anilines is 2. The first-order valence-electron chi connectivity index (χ1n) is 12.0. The van der Waals surface area contributed by atoms with Crippen LogP contribution in [0.5, 0.6) is 5.75 Å². The molecule has 4 N–H and O–H groups in total. The largest absolute Gasteiger partial charge is 0.497 e. The fourth-order valence-corrected chi connectivity index (χ4v) is 5.37. The lowest BCUT2D eigenvalue weighted by molar-refractivity contribution is -0.383. The molecular formula is C26H25N5O7S. The minimum absolute atomic E-state index is 0.0493. The number of aromatic nitrogens is 1. The maximum atomic E-state index is 13.0. The van der Waals surface area contributed by atoms with E-state index in [0.717, 1.165) is 11.3 Å². The van der Waals surface area contributed by atoms with E-state index in [1.54, 1.807) is 6.07 Å². The predicted octanol–water partition coefficient (Wildman–Crippen LogP) is 3.61. The summed E-state index contributed by atoms with van der Waals surface area (Å²) in [5.41, 5.74) is 1.85. The van der Waals surface area contributed by atoms with Crippen molar-refractivity contribution in [1.29, 1.82) is 0 Å². The molecule has 1 saturated heterocycles. The molecule has 3 aromatic carbocycles. The zero-order chi connectivity index (χ0) is 27.6. The summed E-state index contributed by atoms with van der Waals surface area (Å²) < 4.78 is 38.2. The molecule has 0 spiro atoms. The lowest BCUT2D eigenvalue weighted by Gasteiger charge is -2.26. The maximum Gasteiger partial charge on any atom is 0.293 e. The Morgan fingerprint density at radius 3 is 2.56 bits per heavy atom. The second kappa shape index (κ2) is 10.7. The number of non-ortho nitro benzene ring substituents is 1. The first kappa shape index (κ1) is 26.2. The van der Waals surface area contributed by atoms with Crippen molar-refractivity contribution >= 4 is 43.9 Å². The number of sulfonamides is 1. The number of H-pyrrole nitrogens is 1. The van der Waals surface area contributed by atoms with Crippen LogP contribution in [0.3, 0.4) is 0 Å². The van der Waals surface area contributed by atoms with Crippen molar-refractivity contribution < 1.29 is 27.6 Å². The van der Waals surface area contributed by atoms with Crippen LogP contribution in [0.25, 0.3) is 10.9 Å². The minimum Gasteiger partial charge on any atom is -0.497 e. The lowest BCUT2D eigenvalue weighted by atomic mass is 10.0. The van der Waals surface area contributed by atoms with E-state index >= 15 is 0 Å². The van der Waals surface area contributed by atoms with Crippen LogP contribution >= 0.6 is 0 Å². The third-order valence-corrected chi connectivity index (χ3v) is 7.68. The third kappa shape index (κ3) is 5.41. The van der Waals surface area contributed by atoms with E-state index in [-0.39, 0.29) is 27.8 Å². The quantitative estimate of drug-likeness (QED) is 0.189. The number of hydrogen-bond acceptors (Lipinski definition) is 9. The number of nitrogens with one attached hydrogen (secondary N) is 4. The molecule has 1 aliphatic heterocycles. The molecule has 0 bridgehead atoms. The smallest absolute Gasteiger partial charge is 0.293 e. The Balaban J connectivity index is 1.48. The Morgan fingerprint density at radius 2 is 1.87 bits per heavy atom. The van der Waals surface area contributed by atoms with E-state index < -0.39 is 20.9 Å². The zero-order valence-corrected chi connectivity index (χ0v) is 21.6. The van der Waals surface area contributed by atoms with Gasteiger partial charge in [-0.25, -0.2) is 13.1 Å². The van der Waals surface area contributed by atoms with Crippen LogP contribution in [0.15, 0.2) is 71.6 Å². The first-order chi connectivity index (χ1) is 18.8. The summed E-state index contributed by atoms with van der Waals surface area (Å²) in [6.07, 6.45) is 0. The summed E-state index contributed by atoms with van der Waals surface area (Å²) in [7, 11) is -2.77. The number of para-hydroxylation sites is 1. The molecule has 39 heavy (non-hydrogen) atoms. The Morgan fingerprint density at radius 1 is 1.10 bits per heavy atom. The van der Waals surface area contributed by atoms with Gasteiger partial charge in [-0.05, 0) is 48.0 Å². The number of benzene rings is 3. The van der Waals surface area contributed by atoms with Crippen molar-refractivity contribution in [3.8, 4) is 5.75 Å². The average Bonchev–Trinajstić information content (AvgIpc) is 3.40. The van der Waals surface area contributed by atoms with Gasteiger partial charge in [0.05, 0.1) is 36.2 Å². The number of aromatic amines is 1. The van der Waals surface area contributed by atoms with Crippen LogP contribution in [0.4, 0.5) is 17.1 Å². The highest BCUT2D eigenvalue weighted by Gasteiger charge is 2.25. The molecule has 1 amide bonds. The van der Waals surface area contributed by atoms with E-state index in [1.807, 2.05) is 29.0 Å². The molecule has 0 saturated carbocycles. The summed E-state index contributed by atoms with van der Waals surface area (Å²) >= 11 is 0. The van der Waals surface area contributed by atoms with Crippen LogP contribution in [0.1, 0.15) is 22.1 Å². The van der Waals surface area contributed by atoms with Crippen molar-refractivity contribution in [1.82, 2.24) is 15.0 Å². The number of amides is 1. The number of methoxy groups -OCH3 is 1. The van der Waals surface area contributed by atoms with Gasteiger partial charge < -0.3 is 25.1 Å². The number of nitro benzene ring substituents is 1. The number of carbonyl (C=O) groups excluding carboxylic acids is 1. The van der Waals surface area contributed by atoms with Crippen molar-refractivity contribution in [2.45, 2.75) is 10.9 Å². The highest BCUT2D eigenvalue weighted by atomic mass is 32.2. The van der Waals surface area contributed by atoms with Gasteiger partial charge in [-0.15, -0.1) is 0 Å². The fourth-order valence-electron chi connectivity index (χ4n) is 4.40. The summed E-state index contributed by atoms with van der Waals surface area (Å²) in [5, 5.41) is 18.8. The van der Waals surface area contributed by atoms with Crippen LogP contribution < -0.4 is 20.1 Å². The number of ether oxygens (including phenoxy) is 2. The standard InChI is InChI=1S/C26H25N5O7S/c1-37-16-6-8-17(9-7-16)39(35,36)30-26(32)22-14-19-21(10-11-24(31(33)34)25(19)29-22)28-20-5-3-2-4-18(20)23-15-38-13-12-27-23/h2-11,14,23,27-29H,12-13,15H2,1H3,(H,30,32). The Bertz CT molecular complexity index is 1650. The number of morpholine rings is 1. The monoisotopic (exact) mass is 551 g/mol. The summed E-state index contributed by atoms with van der Waals surface area (Å²) in [6.45, 7) is 1.82. The lowest BCUT2D eigenvalue weighted by Crippen LogP contribution is -2.34. The van der Waals surface area contributed by atoms with Crippen LogP contribution in [-0.4, -0.2) is 51.1 Å². The zero-order valence-electron chi connectivity index (χ0n) is 20.8. The molecule has 1 unspecified atom stereocenters. The van der Waals surface area contributed by atoms with E-state index in [4.69, 9.17) is 9.47 Å². The van der Waals surface area contributed by atoms with Gasteiger partial charge in [-0.1, -0.05) is 18.2 Å². The molecule has 1 aromatic heterocycles. The topological polar surface area (TPSA) is 165 Å². The van der Waals surface area contributed by atoms with Gasteiger partial charge >= 0.3 is 0 Å². The SMILES string of the molecule is COc1ccc(S(=O)(=O)NC(=O)c2cc3c(Nc4ccccc4C4COCCN4)ccc([N+](=O)[O-])c3[nH]2)cc1. The van der Waals surface area contributed by atoms with Crippen molar-refractivity contribution in [2.75, 3.05) is 32.2 Å². The number of fused-ring (bicyclic) bond motifs is 1. The number of carbonyl (C=O) groups is 1. The summed E-state index contributed by atoms with van der Waals surface area (Å²) in [6, 6.07) is 17.3. The third-order valence-electron chi connectivity index (χ3n) is 6.34. The minimum atomic E-state index is -4.22. The summed E-state index contributed by atoms with van der Waals surface area (Å²) in [4.78, 5) is 26.7. The van der Waals surface area contributed by atoms with E-state index in [9.17, 15) is 23.3 Å². The second-order valence-corrected chi connectivity index (χ2v) is 10.4. The van der Waals surface area contributed by atoms with Gasteiger partial charge in [-0.2, -0.15) is 0 Å². The second-order valence-electron chi connectivity index (χ2n) is 8.77. The molecular weight excluding hydrogens is 526 g/mol. The molecule has 2 heterocycles. The fraction of sp³-hybridized carbons (Fsp3) is 0.192. The van der Waals surface area contributed by atoms with Gasteiger partial charge in [0.15, 0.2) is 0 Å². The van der Waals surface area contributed by atoms with Crippen molar-refractivity contribution in [3.63, 3.8) is 0 Å². The normalized spacial score (nSPS) is 15.6. The maximum absolute atomic E-state index is 13.0. The van der Waals surface area contributed by atoms with Crippen LogP contribution in [0.2, 0.25) is 0 Å². The van der Waals surface area contributed by atoms with Crippen molar-refractivity contribution in [3.05, 3.63) is 88.1 Å². The van der Waals surface area contributed by atoms with Crippen LogP contribution in [-0.2, 0) is 14.8 Å². The Kier molecular flexibility index (Phi) is 7.19. The van der Waals surface area contributed by atoms with E-state index in [2.05, 4.69) is 15.6 Å². The molecule has 12 nitrogen and oxygen atoms in total. The van der Waals surface area contributed by atoms with E-state index in [1.165, 1.54) is 43.5 Å². The number of rotatable bonds is 8. The van der Waals surface area contributed by atoms with Gasteiger partial charge in [0.2, 0.25) is 0 Å². The molecule has 1 fully saturated rings. The summed E-state index contributed by atoms with van der Waals surface area (Å²) in [5.74, 6) is -0.511. The van der Waals surface area contributed by atoms with Crippen LogP contribution in [0, 0.1) is 10.1 Å². The molecule has 1 aliphatic rings. The van der Waals surface area contributed by atoms with Gasteiger partial charge in [0.25, 0.3) is 21.6 Å². The number of nitrogens with zero attached hydrogens (tertiary/aromatic N) is 1. The Labute approximate surface area is 223 Å². The molecule has 0 radical (unpaired) electrons. The molecule has 1 atom stereocenters. The molecule has 13 heteroatoms. The molecule has 5 rings (SSSR count). The predicted molar refractivity (Wildman–Crippen MR) is 144 cm³/mol.